The van der Waals surface area contributed by atoms with Gasteiger partial charge in [0.15, 0.2) is 0 Å². The lowest BCUT2D eigenvalue weighted by Crippen LogP contribution is -2.07. The molecule has 0 N–H and O–H groups in total. The van der Waals surface area contributed by atoms with Gasteiger partial charge in [-0.05, 0) is 63.7 Å². The summed E-state index contributed by atoms with van der Waals surface area (Å²) < 4.78 is 5.73. The molecule has 0 aliphatic rings. The van der Waals surface area contributed by atoms with E-state index in [1.807, 2.05) is 12.1 Å². The third kappa shape index (κ3) is 4.01. The second-order valence-electron chi connectivity index (χ2n) is 7.51. The molecule has 2 nitrogen and oxygen atoms in total. The van der Waals surface area contributed by atoms with E-state index in [1.165, 1.54) is 35.4 Å². The van der Waals surface area contributed by atoms with E-state index in [-0.39, 0.29) is 5.97 Å². The maximum atomic E-state index is 12.3. The summed E-state index contributed by atoms with van der Waals surface area (Å²) in [6.07, 6.45) is 6.12. The Bertz CT molecular complexity index is 1130. The Hall–Kier alpha value is -2.87. The predicted molar refractivity (Wildman–Crippen MR) is 118 cm³/mol. The van der Waals surface area contributed by atoms with Gasteiger partial charge in [0.2, 0.25) is 0 Å². The normalized spacial score (nSPS) is 11.3. The highest BCUT2D eigenvalue weighted by molar-refractivity contribution is 6.06. The minimum absolute atomic E-state index is 0.136. The van der Waals surface area contributed by atoms with E-state index < -0.39 is 0 Å². The van der Waals surface area contributed by atoms with E-state index in [4.69, 9.17) is 4.74 Å². The summed E-state index contributed by atoms with van der Waals surface area (Å²) in [5.74, 6) is 0.522. The zero-order valence-corrected chi connectivity index (χ0v) is 16.4. The molecular formula is C26H26O2. The number of unbranched alkanes of at least 4 members (excludes halogenated alkanes) is 4. The Morgan fingerprint density at radius 3 is 2.11 bits per heavy atom. The first-order valence-electron chi connectivity index (χ1n) is 10.3. The summed E-state index contributed by atoms with van der Waals surface area (Å²) in [5, 5.41) is 6.90. The average Bonchev–Trinajstić information content (AvgIpc) is 2.71. The molecule has 4 aromatic rings. The standard InChI is InChI=1S/C26H26O2/c1-2-3-4-5-6-14-26(27)28-25-13-9-12-21-17-22-15-19-10-7-8-11-20(19)16-23(22)18-24(21)25/h7-13,15-18H,2-6,14H2,1H3. The van der Waals surface area contributed by atoms with Crippen LogP contribution in [-0.4, -0.2) is 5.97 Å². The van der Waals surface area contributed by atoms with Crippen LogP contribution in [0, 0.1) is 0 Å². The summed E-state index contributed by atoms with van der Waals surface area (Å²) in [6.45, 7) is 2.20. The Balaban J connectivity index is 1.61. The molecule has 0 aromatic heterocycles. The number of carbonyl (C=O) groups excluding carboxylic acids is 1. The van der Waals surface area contributed by atoms with Crippen LogP contribution < -0.4 is 4.74 Å². The number of esters is 1. The van der Waals surface area contributed by atoms with Crippen molar-refractivity contribution in [2.24, 2.45) is 0 Å². The fraction of sp³-hybridized carbons (Fsp3) is 0.269. The Kier molecular flexibility index (Phi) is 5.57. The highest BCUT2D eigenvalue weighted by atomic mass is 16.5. The summed E-state index contributed by atoms with van der Waals surface area (Å²) in [4.78, 5) is 12.3. The van der Waals surface area contributed by atoms with Gasteiger partial charge in [0.25, 0.3) is 0 Å². The Labute approximate surface area is 166 Å². The molecule has 0 amide bonds. The summed E-state index contributed by atoms with van der Waals surface area (Å²) in [7, 11) is 0. The van der Waals surface area contributed by atoms with Crippen LogP contribution in [0.15, 0.2) is 66.7 Å². The predicted octanol–water partition coefficient (Wildman–Crippen LogP) is 7.41. The lowest BCUT2D eigenvalue weighted by molar-refractivity contribution is -0.134. The van der Waals surface area contributed by atoms with Gasteiger partial charge in [0.05, 0.1) is 0 Å². The monoisotopic (exact) mass is 370 g/mol. The summed E-state index contributed by atoms with van der Waals surface area (Å²) in [6, 6.07) is 23.1. The molecule has 0 bridgehead atoms. The molecule has 0 aliphatic carbocycles. The third-order valence-electron chi connectivity index (χ3n) is 5.37. The second kappa shape index (κ2) is 8.43. The number of benzene rings is 4. The number of rotatable bonds is 7. The molecule has 142 valence electrons. The van der Waals surface area contributed by atoms with E-state index in [0.29, 0.717) is 12.2 Å². The van der Waals surface area contributed by atoms with Crippen molar-refractivity contribution >= 4 is 38.3 Å². The first-order chi connectivity index (χ1) is 13.7. The maximum Gasteiger partial charge on any atom is 0.311 e. The number of carbonyl (C=O) groups is 1. The smallest absolute Gasteiger partial charge is 0.311 e. The first-order valence-corrected chi connectivity index (χ1v) is 10.3. The minimum Gasteiger partial charge on any atom is -0.426 e. The SMILES string of the molecule is CCCCCCCC(=O)Oc1cccc2cc3cc4ccccc4cc3cc12. The molecule has 0 saturated carbocycles. The number of hydrogen-bond acceptors (Lipinski definition) is 2. The van der Waals surface area contributed by atoms with Crippen molar-refractivity contribution in [1.29, 1.82) is 0 Å². The molecule has 4 rings (SSSR count). The van der Waals surface area contributed by atoms with Crippen molar-refractivity contribution in [3.05, 3.63) is 66.7 Å². The van der Waals surface area contributed by atoms with Crippen LogP contribution >= 0.6 is 0 Å². The number of hydrogen-bond donors (Lipinski definition) is 0. The Morgan fingerprint density at radius 1 is 0.714 bits per heavy atom. The molecule has 0 unspecified atom stereocenters. The average molecular weight is 370 g/mol. The quantitative estimate of drug-likeness (QED) is 0.146. The zero-order chi connectivity index (χ0) is 19.3. The van der Waals surface area contributed by atoms with Crippen molar-refractivity contribution in [2.75, 3.05) is 0 Å². The van der Waals surface area contributed by atoms with Crippen molar-refractivity contribution in [3.8, 4) is 5.75 Å². The molecule has 28 heavy (non-hydrogen) atoms. The van der Waals surface area contributed by atoms with Gasteiger partial charge in [-0.3, -0.25) is 4.79 Å². The van der Waals surface area contributed by atoms with Crippen LogP contribution in [0.4, 0.5) is 0 Å². The second-order valence-corrected chi connectivity index (χ2v) is 7.51. The van der Waals surface area contributed by atoms with Gasteiger partial charge < -0.3 is 4.74 Å². The van der Waals surface area contributed by atoms with Gasteiger partial charge in [-0.2, -0.15) is 0 Å². The van der Waals surface area contributed by atoms with E-state index >= 15 is 0 Å². The molecule has 0 fully saturated rings. The molecular weight excluding hydrogens is 344 g/mol. The zero-order valence-electron chi connectivity index (χ0n) is 16.4. The largest absolute Gasteiger partial charge is 0.426 e. The maximum absolute atomic E-state index is 12.3. The first kappa shape index (κ1) is 18.5. The topological polar surface area (TPSA) is 26.3 Å². The van der Waals surface area contributed by atoms with E-state index in [9.17, 15) is 4.79 Å². The van der Waals surface area contributed by atoms with E-state index in [1.54, 1.807) is 0 Å². The molecule has 2 heteroatoms. The van der Waals surface area contributed by atoms with Crippen molar-refractivity contribution in [1.82, 2.24) is 0 Å². The summed E-state index contributed by atoms with van der Waals surface area (Å²) in [5.41, 5.74) is 0. The van der Waals surface area contributed by atoms with Crippen LogP contribution in [0.25, 0.3) is 32.3 Å². The summed E-state index contributed by atoms with van der Waals surface area (Å²) >= 11 is 0. The van der Waals surface area contributed by atoms with E-state index in [2.05, 4.69) is 61.5 Å². The number of fused-ring (bicyclic) bond motifs is 3. The van der Waals surface area contributed by atoms with Crippen LogP contribution in [0.5, 0.6) is 5.75 Å². The van der Waals surface area contributed by atoms with Crippen molar-refractivity contribution < 1.29 is 9.53 Å². The van der Waals surface area contributed by atoms with Gasteiger partial charge in [-0.15, -0.1) is 0 Å². The molecule has 0 atom stereocenters. The molecule has 0 heterocycles. The van der Waals surface area contributed by atoms with Crippen LogP contribution in [0.2, 0.25) is 0 Å². The van der Waals surface area contributed by atoms with Gasteiger partial charge >= 0.3 is 5.97 Å². The fourth-order valence-electron chi connectivity index (χ4n) is 3.83. The van der Waals surface area contributed by atoms with Crippen LogP contribution in [0.3, 0.4) is 0 Å². The fourth-order valence-corrected chi connectivity index (χ4v) is 3.83. The van der Waals surface area contributed by atoms with Crippen molar-refractivity contribution in [3.63, 3.8) is 0 Å². The van der Waals surface area contributed by atoms with Gasteiger partial charge in [0.1, 0.15) is 5.75 Å². The highest BCUT2D eigenvalue weighted by Gasteiger charge is 2.10. The molecule has 0 spiro atoms. The molecule has 0 radical (unpaired) electrons. The molecule has 0 aliphatic heterocycles. The minimum atomic E-state index is -0.136. The molecule has 0 saturated heterocycles. The van der Waals surface area contributed by atoms with E-state index in [0.717, 1.165) is 29.0 Å². The lowest BCUT2D eigenvalue weighted by atomic mass is 9.99. The third-order valence-corrected chi connectivity index (χ3v) is 5.37. The van der Waals surface area contributed by atoms with Crippen molar-refractivity contribution in [2.45, 2.75) is 45.4 Å². The highest BCUT2D eigenvalue weighted by Crippen LogP contribution is 2.32. The Morgan fingerprint density at radius 2 is 1.36 bits per heavy atom. The lowest BCUT2D eigenvalue weighted by Gasteiger charge is -2.10. The van der Waals surface area contributed by atoms with Gasteiger partial charge in [-0.25, -0.2) is 0 Å². The van der Waals surface area contributed by atoms with Gasteiger partial charge in [0, 0.05) is 11.8 Å². The van der Waals surface area contributed by atoms with Crippen LogP contribution in [-0.2, 0) is 4.79 Å². The van der Waals surface area contributed by atoms with Crippen LogP contribution in [0.1, 0.15) is 45.4 Å². The van der Waals surface area contributed by atoms with Gasteiger partial charge in [-0.1, -0.05) is 69.0 Å². The molecule has 4 aromatic carbocycles. The number of ether oxygens (including phenoxy) is 1.